The standard InChI is InChI=1S/C11H14N2O2S2/c1-8-3-4-9-10(7-8)13-11(12-9)16-5-6-17(2,14)15/h3-4,7H,5-6H2,1-2H3,(H,12,13). The highest BCUT2D eigenvalue weighted by Gasteiger charge is 2.06. The van der Waals surface area contributed by atoms with Gasteiger partial charge in [0.1, 0.15) is 9.84 Å². The number of fused-ring (bicyclic) bond motifs is 1. The smallest absolute Gasteiger partial charge is 0.166 e. The number of nitrogens with zero attached hydrogens (tertiary/aromatic N) is 1. The molecule has 2 rings (SSSR count). The number of aromatic nitrogens is 2. The van der Waals surface area contributed by atoms with E-state index in [0.29, 0.717) is 5.75 Å². The number of hydrogen-bond donors (Lipinski definition) is 1. The first kappa shape index (κ1) is 12.4. The summed E-state index contributed by atoms with van der Waals surface area (Å²) in [6.45, 7) is 2.02. The Morgan fingerprint density at radius 2 is 2.18 bits per heavy atom. The van der Waals surface area contributed by atoms with Crippen molar-refractivity contribution in [3.63, 3.8) is 0 Å². The van der Waals surface area contributed by atoms with Crippen molar-refractivity contribution in [3.8, 4) is 0 Å². The lowest BCUT2D eigenvalue weighted by atomic mass is 10.2. The number of rotatable bonds is 4. The van der Waals surface area contributed by atoms with E-state index in [1.165, 1.54) is 23.6 Å². The van der Waals surface area contributed by atoms with Crippen LogP contribution in [0.4, 0.5) is 0 Å². The predicted octanol–water partition coefficient (Wildman–Crippen LogP) is 2.01. The summed E-state index contributed by atoms with van der Waals surface area (Å²) in [7, 11) is -2.89. The maximum absolute atomic E-state index is 11.0. The van der Waals surface area contributed by atoms with Crippen LogP contribution in [0.25, 0.3) is 11.0 Å². The first-order chi connectivity index (χ1) is 7.94. The molecule has 0 bridgehead atoms. The third kappa shape index (κ3) is 3.47. The second-order valence-electron chi connectivity index (χ2n) is 4.04. The Morgan fingerprint density at radius 1 is 1.41 bits per heavy atom. The average molecular weight is 270 g/mol. The highest BCUT2D eigenvalue weighted by atomic mass is 32.2. The molecule has 0 aliphatic carbocycles. The van der Waals surface area contributed by atoms with Crippen LogP contribution in [0.3, 0.4) is 0 Å². The lowest BCUT2D eigenvalue weighted by Crippen LogP contribution is -2.04. The van der Waals surface area contributed by atoms with Crippen molar-refractivity contribution < 1.29 is 8.42 Å². The molecule has 6 heteroatoms. The lowest BCUT2D eigenvalue weighted by Gasteiger charge is -1.95. The molecule has 0 saturated heterocycles. The van der Waals surface area contributed by atoms with Gasteiger partial charge < -0.3 is 4.98 Å². The summed E-state index contributed by atoms with van der Waals surface area (Å²) >= 11 is 1.43. The van der Waals surface area contributed by atoms with Gasteiger partial charge in [-0.15, -0.1) is 0 Å². The van der Waals surface area contributed by atoms with E-state index < -0.39 is 9.84 Å². The monoisotopic (exact) mass is 270 g/mol. The van der Waals surface area contributed by atoms with Crippen molar-refractivity contribution in [2.45, 2.75) is 12.1 Å². The van der Waals surface area contributed by atoms with Crippen molar-refractivity contribution in [1.29, 1.82) is 0 Å². The Labute approximate surface area is 105 Å². The summed E-state index contributed by atoms with van der Waals surface area (Å²) in [6, 6.07) is 6.00. The number of benzene rings is 1. The largest absolute Gasteiger partial charge is 0.333 e. The van der Waals surface area contributed by atoms with Crippen molar-refractivity contribution in [3.05, 3.63) is 23.8 Å². The van der Waals surface area contributed by atoms with Crippen LogP contribution < -0.4 is 0 Å². The van der Waals surface area contributed by atoms with E-state index in [1.54, 1.807) is 0 Å². The van der Waals surface area contributed by atoms with Crippen molar-refractivity contribution >= 4 is 32.6 Å². The van der Waals surface area contributed by atoms with Gasteiger partial charge in [-0.3, -0.25) is 0 Å². The second-order valence-corrected chi connectivity index (χ2v) is 7.38. The summed E-state index contributed by atoms with van der Waals surface area (Å²) in [5, 5.41) is 0.772. The quantitative estimate of drug-likeness (QED) is 0.863. The third-order valence-corrected chi connectivity index (χ3v) is 4.39. The Hall–Kier alpha value is -1.01. The van der Waals surface area contributed by atoms with Gasteiger partial charge in [0.05, 0.1) is 16.8 Å². The first-order valence-electron chi connectivity index (χ1n) is 5.21. The highest BCUT2D eigenvalue weighted by Crippen LogP contribution is 2.20. The summed E-state index contributed by atoms with van der Waals surface area (Å²) < 4.78 is 22.0. The fourth-order valence-corrected chi connectivity index (χ4v) is 3.54. The number of hydrogen-bond acceptors (Lipinski definition) is 4. The highest BCUT2D eigenvalue weighted by molar-refractivity contribution is 8.00. The summed E-state index contributed by atoms with van der Waals surface area (Å²) in [4.78, 5) is 7.57. The second kappa shape index (κ2) is 4.70. The van der Waals surface area contributed by atoms with Crippen LogP contribution in [-0.2, 0) is 9.84 Å². The van der Waals surface area contributed by atoms with Gasteiger partial charge in [0, 0.05) is 12.0 Å². The maximum Gasteiger partial charge on any atom is 0.166 e. The van der Waals surface area contributed by atoms with Gasteiger partial charge in [-0.25, -0.2) is 13.4 Å². The molecule has 0 atom stereocenters. The zero-order valence-electron chi connectivity index (χ0n) is 9.73. The van der Waals surface area contributed by atoms with E-state index in [2.05, 4.69) is 9.97 Å². The van der Waals surface area contributed by atoms with Crippen molar-refractivity contribution in [1.82, 2.24) is 9.97 Å². The molecule has 0 fully saturated rings. The summed E-state index contributed by atoms with van der Waals surface area (Å²) in [6.07, 6.45) is 1.25. The SMILES string of the molecule is Cc1ccc2nc(SCCS(C)(=O)=O)[nH]c2c1. The Bertz CT molecular complexity index is 632. The van der Waals surface area contributed by atoms with E-state index >= 15 is 0 Å². The lowest BCUT2D eigenvalue weighted by molar-refractivity contribution is 0.603. The van der Waals surface area contributed by atoms with Crippen LogP contribution in [0.5, 0.6) is 0 Å². The zero-order valence-corrected chi connectivity index (χ0v) is 11.4. The first-order valence-corrected chi connectivity index (χ1v) is 8.25. The van der Waals surface area contributed by atoms with Crippen molar-refractivity contribution in [2.75, 3.05) is 17.8 Å². The molecule has 1 aromatic heterocycles. The third-order valence-electron chi connectivity index (χ3n) is 2.31. The van der Waals surface area contributed by atoms with Crippen LogP contribution in [-0.4, -0.2) is 36.1 Å². The van der Waals surface area contributed by atoms with Crippen molar-refractivity contribution in [2.24, 2.45) is 0 Å². The van der Waals surface area contributed by atoms with Gasteiger partial charge in [-0.05, 0) is 24.6 Å². The summed E-state index contributed by atoms with van der Waals surface area (Å²) in [5.74, 6) is 0.700. The topological polar surface area (TPSA) is 62.8 Å². The van der Waals surface area contributed by atoms with E-state index in [4.69, 9.17) is 0 Å². The molecular weight excluding hydrogens is 256 g/mol. The minimum Gasteiger partial charge on any atom is -0.333 e. The van der Waals surface area contributed by atoms with Gasteiger partial charge >= 0.3 is 0 Å². The van der Waals surface area contributed by atoms with Gasteiger partial charge in [0.15, 0.2) is 5.16 Å². The molecule has 0 saturated carbocycles. The number of imidazole rings is 1. The Kier molecular flexibility index (Phi) is 3.44. The molecule has 2 aromatic rings. The number of thioether (sulfide) groups is 1. The average Bonchev–Trinajstić information content (AvgIpc) is 2.57. The maximum atomic E-state index is 11.0. The molecule has 1 N–H and O–H groups in total. The molecule has 1 heterocycles. The van der Waals surface area contributed by atoms with Crippen LogP contribution in [0.2, 0.25) is 0 Å². The van der Waals surface area contributed by atoms with E-state index in [-0.39, 0.29) is 5.75 Å². The molecule has 0 radical (unpaired) electrons. The molecule has 17 heavy (non-hydrogen) atoms. The summed E-state index contributed by atoms with van der Waals surface area (Å²) in [5.41, 5.74) is 3.08. The molecule has 0 aliphatic rings. The van der Waals surface area contributed by atoms with Crippen LogP contribution >= 0.6 is 11.8 Å². The number of sulfone groups is 1. The molecule has 0 unspecified atom stereocenters. The molecule has 92 valence electrons. The molecule has 4 nitrogen and oxygen atoms in total. The zero-order chi connectivity index (χ0) is 12.5. The number of aromatic amines is 1. The molecular formula is C11H14N2O2S2. The van der Waals surface area contributed by atoms with Gasteiger partial charge in [0.2, 0.25) is 0 Å². The van der Waals surface area contributed by atoms with Gasteiger partial charge in [-0.2, -0.15) is 0 Å². The fraction of sp³-hybridized carbons (Fsp3) is 0.364. The molecule has 0 amide bonds. The molecule has 0 spiro atoms. The van der Waals surface area contributed by atoms with Crippen LogP contribution in [0, 0.1) is 6.92 Å². The normalized spacial score (nSPS) is 12.1. The van der Waals surface area contributed by atoms with Crippen LogP contribution in [0.15, 0.2) is 23.4 Å². The minimum atomic E-state index is -2.89. The molecule has 1 aromatic carbocycles. The van der Waals surface area contributed by atoms with E-state index in [0.717, 1.165) is 16.2 Å². The Balaban J connectivity index is 2.09. The van der Waals surface area contributed by atoms with Gasteiger partial charge in [-0.1, -0.05) is 17.8 Å². The number of nitrogens with one attached hydrogen (secondary N) is 1. The number of H-pyrrole nitrogens is 1. The number of aryl methyl sites for hydroxylation is 1. The van der Waals surface area contributed by atoms with Gasteiger partial charge in [0.25, 0.3) is 0 Å². The Morgan fingerprint density at radius 3 is 2.88 bits per heavy atom. The molecule has 0 aliphatic heterocycles. The van der Waals surface area contributed by atoms with E-state index in [9.17, 15) is 8.42 Å². The predicted molar refractivity (Wildman–Crippen MR) is 71.3 cm³/mol. The van der Waals surface area contributed by atoms with Crippen LogP contribution in [0.1, 0.15) is 5.56 Å². The minimum absolute atomic E-state index is 0.174. The van der Waals surface area contributed by atoms with E-state index in [1.807, 2.05) is 25.1 Å². The fourth-order valence-electron chi connectivity index (χ4n) is 1.46.